The average Bonchev–Trinajstić information content (AvgIpc) is 2.96. The Morgan fingerprint density at radius 2 is 2.17 bits per heavy atom. The Bertz CT molecular complexity index is 901. The Morgan fingerprint density at radius 1 is 1.35 bits per heavy atom. The van der Waals surface area contributed by atoms with Gasteiger partial charge in [0.25, 0.3) is 5.56 Å². The fourth-order valence-electron chi connectivity index (χ4n) is 2.42. The van der Waals surface area contributed by atoms with Crippen molar-refractivity contribution in [2.75, 3.05) is 19.0 Å². The quantitative estimate of drug-likeness (QED) is 0.780. The monoisotopic (exact) mass is 332 g/mol. The molecule has 23 heavy (non-hydrogen) atoms. The van der Waals surface area contributed by atoms with E-state index in [0.717, 1.165) is 23.1 Å². The van der Waals surface area contributed by atoms with Gasteiger partial charge in [-0.1, -0.05) is 11.6 Å². The molecule has 0 fully saturated rings. The molecule has 0 saturated carbocycles. The van der Waals surface area contributed by atoms with Crippen LogP contribution in [0.4, 0.5) is 11.4 Å². The van der Waals surface area contributed by atoms with E-state index >= 15 is 0 Å². The molecule has 0 aliphatic rings. The molecule has 0 atom stereocenters. The highest BCUT2D eigenvalue weighted by Gasteiger charge is 2.08. The maximum absolute atomic E-state index is 11.8. The molecule has 7 heteroatoms. The molecule has 3 rings (SSSR count). The second-order valence-electron chi connectivity index (χ2n) is 5.20. The van der Waals surface area contributed by atoms with Gasteiger partial charge in [-0.05, 0) is 24.3 Å². The number of hydrogen-bond acceptors (Lipinski definition) is 4. The van der Waals surface area contributed by atoms with E-state index in [1.165, 1.54) is 10.9 Å². The molecule has 3 aromatic rings. The van der Waals surface area contributed by atoms with E-state index in [2.05, 4.69) is 15.0 Å². The van der Waals surface area contributed by atoms with E-state index in [-0.39, 0.29) is 10.6 Å². The van der Waals surface area contributed by atoms with Crippen LogP contribution in [0.25, 0.3) is 10.9 Å². The summed E-state index contributed by atoms with van der Waals surface area (Å²) < 4.78 is 8.45. The summed E-state index contributed by atoms with van der Waals surface area (Å²) >= 11 is 6.07. The molecule has 0 unspecified atom stereocenters. The molecule has 1 N–H and O–H groups in total. The van der Waals surface area contributed by atoms with Crippen molar-refractivity contribution in [2.45, 2.75) is 6.54 Å². The number of anilines is 2. The predicted molar refractivity (Wildman–Crippen MR) is 91.6 cm³/mol. The molecule has 0 amide bonds. The highest BCUT2D eigenvalue weighted by atomic mass is 35.5. The molecular formula is C16H17ClN4O2. The van der Waals surface area contributed by atoms with Gasteiger partial charge in [0, 0.05) is 43.5 Å². The van der Waals surface area contributed by atoms with E-state index in [4.69, 9.17) is 16.3 Å². The maximum Gasteiger partial charge on any atom is 0.287 e. The van der Waals surface area contributed by atoms with Crippen LogP contribution in [0, 0.1) is 0 Å². The van der Waals surface area contributed by atoms with Gasteiger partial charge in [0.15, 0.2) is 0 Å². The summed E-state index contributed by atoms with van der Waals surface area (Å²) in [4.78, 5) is 11.8. The van der Waals surface area contributed by atoms with Crippen LogP contribution in [-0.4, -0.2) is 28.1 Å². The van der Waals surface area contributed by atoms with Crippen molar-refractivity contribution >= 4 is 33.9 Å². The molecule has 0 radical (unpaired) electrons. The van der Waals surface area contributed by atoms with E-state index < -0.39 is 0 Å². The van der Waals surface area contributed by atoms with Crippen LogP contribution in [-0.2, 0) is 18.3 Å². The van der Waals surface area contributed by atoms with Crippen LogP contribution in [0.5, 0.6) is 0 Å². The largest absolute Gasteiger partial charge is 0.383 e. The summed E-state index contributed by atoms with van der Waals surface area (Å²) in [5.74, 6) is 0. The van der Waals surface area contributed by atoms with Crippen LogP contribution < -0.4 is 10.9 Å². The van der Waals surface area contributed by atoms with Crippen LogP contribution in [0.2, 0.25) is 5.02 Å². The fourth-order valence-corrected chi connectivity index (χ4v) is 2.63. The molecule has 0 spiro atoms. The van der Waals surface area contributed by atoms with Crippen LogP contribution >= 0.6 is 11.6 Å². The topological polar surface area (TPSA) is 61.1 Å². The molecule has 1 aromatic carbocycles. The standard InChI is InChI=1S/C16H17ClN4O2/c1-20-16(22)15(17)13(10-18-20)19-12-3-4-14-11(9-12)5-6-21(14)7-8-23-2/h3-6,9-10,19H,7-8H2,1-2H3. The van der Waals surface area contributed by atoms with Gasteiger partial charge in [-0.15, -0.1) is 0 Å². The number of aryl methyl sites for hydroxylation is 1. The molecule has 0 saturated heterocycles. The first-order chi connectivity index (χ1) is 11.1. The molecular weight excluding hydrogens is 316 g/mol. The maximum atomic E-state index is 11.8. The Kier molecular flexibility index (Phi) is 4.36. The minimum atomic E-state index is -0.330. The summed E-state index contributed by atoms with van der Waals surface area (Å²) in [6.07, 6.45) is 3.57. The lowest BCUT2D eigenvalue weighted by Crippen LogP contribution is -2.20. The van der Waals surface area contributed by atoms with Crippen LogP contribution in [0.1, 0.15) is 0 Å². The van der Waals surface area contributed by atoms with Gasteiger partial charge in [-0.2, -0.15) is 5.10 Å². The average molecular weight is 333 g/mol. The molecule has 120 valence electrons. The van der Waals surface area contributed by atoms with Gasteiger partial charge < -0.3 is 14.6 Å². The van der Waals surface area contributed by atoms with Gasteiger partial charge in [0.2, 0.25) is 0 Å². The van der Waals surface area contributed by atoms with Gasteiger partial charge in [0.1, 0.15) is 5.02 Å². The second-order valence-corrected chi connectivity index (χ2v) is 5.58. The molecule has 0 bridgehead atoms. The third kappa shape index (κ3) is 3.09. The van der Waals surface area contributed by atoms with Crippen LogP contribution in [0.3, 0.4) is 0 Å². The Hall–Kier alpha value is -2.31. The number of halogens is 1. The number of aromatic nitrogens is 3. The summed E-state index contributed by atoms with van der Waals surface area (Å²) in [7, 11) is 3.25. The van der Waals surface area contributed by atoms with Gasteiger partial charge in [-0.3, -0.25) is 4.79 Å². The zero-order valence-corrected chi connectivity index (χ0v) is 13.7. The van der Waals surface area contributed by atoms with Gasteiger partial charge in [0.05, 0.1) is 18.5 Å². The van der Waals surface area contributed by atoms with Crippen molar-refractivity contribution in [3.05, 3.63) is 52.0 Å². The predicted octanol–water partition coefficient (Wildman–Crippen LogP) is 2.78. The molecule has 6 nitrogen and oxygen atoms in total. The first kappa shape index (κ1) is 15.6. The Balaban J connectivity index is 1.90. The van der Waals surface area contributed by atoms with E-state index in [9.17, 15) is 4.79 Å². The number of methoxy groups -OCH3 is 1. The molecule has 0 aliphatic heterocycles. The Labute approximate surface area is 138 Å². The number of nitrogens with one attached hydrogen (secondary N) is 1. The second kappa shape index (κ2) is 6.44. The third-order valence-electron chi connectivity index (χ3n) is 3.66. The molecule has 2 heterocycles. The third-order valence-corrected chi connectivity index (χ3v) is 4.03. The first-order valence-electron chi connectivity index (χ1n) is 7.17. The number of fused-ring (bicyclic) bond motifs is 1. The van der Waals surface area contributed by atoms with Gasteiger partial charge in [-0.25, -0.2) is 4.68 Å². The lowest BCUT2D eigenvalue weighted by atomic mass is 10.2. The number of hydrogen-bond donors (Lipinski definition) is 1. The normalized spacial score (nSPS) is 11.1. The van der Waals surface area contributed by atoms with E-state index in [0.29, 0.717) is 12.3 Å². The minimum absolute atomic E-state index is 0.125. The van der Waals surface area contributed by atoms with Crippen LogP contribution in [0.15, 0.2) is 41.5 Å². The van der Waals surface area contributed by atoms with Crippen molar-refractivity contribution in [1.82, 2.24) is 14.3 Å². The lowest BCUT2D eigenvalue weighted by molar-refractivity contribution is 0.188. The van der Waals surface area contributed by atoms with E-state index in [1.54, 1.807) is 14.2 Å². The number of nitrogens with zero attached hydrogens (tertiary/aromatic N) is 3. The lowest BCUT2D eigenvalue weighted by Gasteiger charge is -2.09. The van der Waals surface area contributed by atoms with Crippen molar-refractivity contribution in [3.63, 3.8) is 0 Å². The number of benzene rings is 1. The smallest absolute Gasteiger partial charge is 0.287 e. The van der Waals surface area contributed by atoms with Gasteiger partial charge >= 0.3 is 0 Å². The zero-order chi connectivity index (χ0) is 16.4. The van der Waals surface area contributed by atoms with E-state index in [1.807, 2.05) is 30.5 Å². The highest BCUT2D eigenvalue weighted by molar-refractivity contribution is 6.33. The number of rotatable bonds is 5. The van der Waals surface area contributed by atoms with Crippen molar-refractivity contribution in [3.8, 4) is 0 Å². The molecule has 0 aliphatic carbocycles. The summed E-state index contributed by atoms with van der Waals surface area (Å²) in [6, 6.07) is 8.02. The summed E-state index contributed by atoms with van der Waals surface area (Å²) in [5.41, 5.74) is 2.14. The highest BCUT2D eigenvalue weighted by Crippen LogP contribution is 2.25. The van der Waals surface area contributed by atoms with Crippen molar-refractivity contribution in [1.29, 1.82) is 0 Å². The summed E-state index contributed by atoms with van der Waals surface area (Å²) in [6.45, 7) is 1.47. The summed E-state index contributed by atoms with van der Waals surface area (Å²) in [5, 5.41) is 8.34. The van der Waals surface area contributed by atoms with Crippen molar-refractivity contribution < 1.29 is 4.74 Å². The number of ether oxygens (including phenoxy) is 1. The zero-order valence-electron chi connectivity index (χ0n) is 12.9. The van der Waals surface area contributed by atoms with Crippen molar-refractivity contribution in [2.24, 2.45) is 7.05 Å². The SMILES string of the molecule is COCCn1ccc2cc(Nc3cnn(C)c(=O)c3Cl)ccc21. The molecule has 2 aromatic heterocycles. The fraction of sp³-hybridized carbons (Fsp3) is 0.250. The minimum Gasteiger partial charge on any atom is -0.383 e. The Morgan fingerprint density at radius 3 is 2.96 bits per heavy atom. The first-order valence-corrected chi connectivity index (χ1v) is 7.54.